The quantitative estimate of drug-likeness (QED) is 0.734. The SMILES string of the molecule is CCC(Oc1ccc(Cl)cc1)C(=O)NCCOc1cccc(C)c1. The molecule has 1 unspecified atom stereocenters. The highest BCUT2D eigenvalue weighted by molar-refractivity contribution is 6.30. The molecule has 0 aromatic heterocycles. The maximum atomic E-state index is 12.2. The van der Waals surface area contributed by atoms with E-state index in [0.717, 1.165) is 11.3 Å². The summed E-state index contributed by atoms with van der Waals surface area (Å²) in [6.07, 6.45) is 0.0397. The Balaban J connectivity index is 1.76. The molecule has 0 saturated carbocycles. The Hall–Kier alpha value is -2.20. The first-order valence-electron chi connectivity index (χ1n) is 7.98. The summed E-state index contributed by atoms with van der Waals surface area (Å²) in [5.74, 6) is 1.27. The van der Waals surface area contributed by atoms with Gasteiger partial charge in [0.2, 0.25) is 0 Å². The highest BCUT2D eigenvalue weighted by Crippen LogP contribution is 2.17. The van der Waals surface area contributed by atoms with Crippen molar-refractivity contribution in [3.63, 3.8) is 0 Å². The van der Waals surface area contributed by atoms with Crippen molar-refractivity contribution in [1.29, 1.82) is 0 Å². The van der Waals surface area contributed by atoms with Gasteiger partial charge >= 0.3 is 0 Å². The normalized spacial score (nSPS) is 11.6. The molecule has 0 heterocycles. The van der Waals surface area contributed by atoms with Gasteiger partial charge < -0.3 is 14.8 Å². The van der Waals surface area contributed by atoms with E-state index in [0.29, 0.717) is 30.3 Å². The number of amides is 1. The molecule has 0 radical (unpaired) electrons. The van der Waals surface area contributed by atoms with Crippen molar-refractivity contribution in [2.75, 3.05) is 13.2 Å². The highest BCUT2D eigenvalue weighted by Gasteiger charge is 2.17. The molecule has 2 aromatic carbocycles. The summed E-state index contributed by atoms with van der Waals surface area (Å²) in [7, 11) is 0. The third-order valence-electron chi connectivity index (χ3n) is 3.41. The van der Waals surface area contributed by atoms with Crippen molar-refractivity contribution < 1.29 is 14.3 Å². The lowest BCUT2D eigenvalue weighted by atomic mass is 10.2. The third-order valence-corrected chi connectivity index (χ3v) is 3.67. The van der Waals surface area contributed by atoms with Crippen molar-refractivity contribution in [3.8, 4) is 11.5 Å². The van der Waals surface area contributed by atoms with Gasteiger partial charge in [0, 0.05) is 5.02 Å². The van der Waals surface area contributed by atoms with Crippen LogP contribution in [-0.2, 0) is 4.79 Å². The molecular formula is C19H22ClNO3. The van der Waals surface area contributed by atoms with Gasteiger partial charge in [0.05, 0.1) is 6.54 Å². The van der Waals surface area contributed by atoms with Gasteiger partial charge in [0.25, 0.3) is 5.91 Å². The largest absolute Gasteiger partial charge is 0.492 e. The highest BCUT2D eigenvalue weighted by atomic mass is 35.5. The van der Waals surface area contributed by atoms with Crippen LogP contribution >= 0.6 is 11.6 Å². The van der Waals surface area contributed by atoms with E-state index in [1.807, 2.05) is 38.1 Å². The molecule has 2 rings (SSSR count). The smallest absolute Gasteiger partial charge is 0.261 e. The zero-order valence-corrected chi connectivity index (χ0v) is 14.7. The van der Waals surface area contributed by atoms with Gasteiger partial charge in [-0.2, -0.15) is 0 Å². The van der Waals surface area contributed by atoms with Gasteiger partial charge in [0.1, 0.15) is 18.1 Å². The molecule has 4 nitrogen and oxygen atoms in total. The minimum Gasteiger partial charge on any atom is -0.492 e. The Morgan fingerprint density at radius 2 is 1.92 bits per heavy atom. The summed E-state index contributed by atoms with van der Waals surface area (Å²) in [6.45, 7) is 4.75. The Bertz CT molecular complexity index is 658. The summed E-state index contributed by atoms with van der Waals surface area (Å²) in [6, 6.07) is 14.8. The number of hydrogen-bond acceptors (Lipinski definition) is 3. The molecule has 0 bridgehead atoms. The third kappa shape index (κ3) is 5.78. The zero-order valence-electron chi connectivity index (χ0n) is 13.9. The summed E-state index contributed by atoms with van der Waals surface area (Å²) in [5, 5.41) is 3.47. The predicted molar refractivity (Wildman–Crippen MR) is 95.8 cm³/mol. The van der Waals surface area contributed by atoms with E-state index < -0.39 is 6.10 Å². The topological polar surface area (TPSA) is 47.6 Å². The molecule has 0 spiro atoms. The molecule has 0 aliphatic heterocycles. The van der Waals surface area contributed by atoms with Crippen LogP contribution < -0.4 is 14.8 Å². The van der Waals surface area contributed by atoms with E-state index in [-0.39, 0.29) is 5.91 Å². The summed E-state index contributed by atoms with van der Waals surface area (Å²) >= 11 is 5.84. The van der Waals surface area contributed by atoms with Gasteiger partial charge in [-0.15, -0.1) is 0 Å². The number of benzene rings is 2. The van der Waals surface area contributed by atoms with Crippen molar-refractivity contribution in [1.82, 2.24) is 5.32 Å². The van der Waals surface area contributed by atoms with Crippen molar-refractivity contribution >= 4 is 17.5 Å². The minimum atomic E-state index is -0.537. The fourth-order valence-electron chi connectivity index (χ4n) is 2.16. The molecular weight excluding hydrogens is 326 g/mol. The van der Waals surface area contributed by atoms with Crippen molar-refractivity contribution in [3.05, 3.63) is 59.1 Å². The van der Waals surface area contributed by atoms with Crippen LogP contribution in [0.4, 0.5) is 0 Å². The van der Waals surface area contributed by atoms with Crippen LogP contribution in [0.25, 0.3) is 0 Å². The van der Waals surface area contributed by atoms with E-state index >= 15 is 0 Å². The summed E-state index contributed by atoms with van der Waals surface area (Å²) < 4.78 is 11.3. The lowest BCUT2D eigenvalue weighted by Crippen LogP contribution is -2.39. The first kappa shape index (κ1) is 18.1. The van der Waals surface area contributed by atoms with E-state index in [4.69, 9.17) is 21.1 Å². The number of rotatable bonds is 8. The standard InChI is InChI=1S/C19H22ClNO3/c1-3-18(24-16-9-7-15(20)8-10-16)19(22)21-11-12-23-17-6-4-5-14(2)13-17/h4-10,13,18H,3,11-12H2,1-2H3,(H,21,22). The second kappa shape index (κ2) is 9.18. The Kier molecular flexibility index (Phi) is 6.94. The maximum Gasteiger partial charge on any atom is 0.261 e. The molecule has 0 fully saturated rings. The average molecular weight is 348 g/mol. The van der Waals surface area contributed by atoms with Crippen LogP contribution in [0.3, 0.4) is 0 Å². The lowest BCUT2D eigenvalue weighted by Gasteiger charge is -2.17. The van der Waals surface area contributed by atoms with Gasteiger partial charge in [0.15, 0.2) is 6.10 Å². The molecule has 0 saturated heterocycles. The zero-order chi connectivity index (χ0) is 17.4. The first-order chi connectivity index (χ1) is 11.6. The molecule has 128 valence electrons. The number of halogens is 1. The molecule has 5 heteroatoms. The molecule has 1 N–H and O–H groups in total. The Morgan fingerprint density at radius 1 is 1.17 bits per heavy atom. The molecule has 2 aromatic rings. The molecule has 0 aliphatic carbocycles. The van der Waals surface area contributed by atoms with Crippen molar-refractivity contribution in [2.24, 2.45) is 0 Å². The Morgan fingerprint density at radius 3 is 2.58 bits per heavy atom. The number of carbonyl (C=O) groups excluding carboxylic acids is 1. The second-order valence-corrected chi connectivity index (χ2v) is 5.86. The molecule has 24 heavy (non-hydrogen) atoms. The van der Waals surface area contributed by atoms with Crippen LogP contribution in [0.2, 0.25) is 5.02 Å². The second-order valence-electron chi connectivity index (χ2n) is 5.42. The first-order valence-corrected chi connectivity index (χ1v) is 8.35. The van der Waals surface area contributed by atoms with E-state index in [1.165, 1.54) is 0 Å². The number of aryl methyl sites for hydroxylation is 1. The van der Waals surface area contributed by atoms with Gasteiger partial charge in [-0.3, -0.25) is 4.79 Å². The molecule has 1 amide bonds. The summed E-state index contributed by atoms with van der Waals surface area (Å²) in [5.41, 5.74) is 1.14. The van der Waals surface area contributed by atoms with Crippen molar-refractivity contribution in [2.45, 2.75) is 26.4 Å². The maximum absolute atomic E-state index is 12.2. The van der Waals surface area contributed by atoms with Crippen LogP contribution in [0.5, 0.6) is 11.5 Å². The number of nitrogens with one attached hydrogen (secondary N) is 1. The fraction of sp³-hybridized carbons (Fsp3) is 0.316. The number of hydrogen-bond donors (Lipinski definition) is 1. The van der Waals surface area contributed by atoms with Gasteiger partial charge in [-0.25, -0.2) is 0 Å². The van der Waals surface area contributed by atoms with E-state index in [9.17, 15) is 4.79 Å². The lowest BCUT2D eigenvalue weighted by molar-refractivity contribution is -0.128. The van der Waals surface area contributed by atoms with Crippen LogP contribution in [-0.4, -0.2) is 25.2 Å². The van der Waals surface area contributed by atoms with Gasteiger partial charge in [-0.1, -0.05) is 30.7 Å². The van der Waals surface area contributed by atoms with Gasteiger partial charge in [-0.05, 0) is 55.3 Å². The Labute approximate surface area is 147 Å². The minimum absolute atomic E-state index is 0.153. The average Bonchev–Trinajstić information content (AvgIpc) is 2.58. The van der Waals surface area contributed by atoms with E-state index in [2.05, 4.69) is 5.32 Å². The number of carbonyl (C=O) groups is 1. The van der Waals surface area contributed by atoms with Crippen LogP contribution in [0, 0.1) is 6.92 Å². The van der Waals surface area contributed by atoms with E-state index in [1.54, 1.807) is 24.3 Å². The monoisotopic (exact) mass is 347 g/mol. The molecule has 0 aliphatic rings. The predicted octanol–water partition coefficient (Wildman–Crippen LogP) is 4.00. The molecule has 1 atom stereocenters. The van der Waals surface area contributed by atoms with Crippen LogP contribution in [0.1, 0.15) is 18.9 Å². The number of ether oxygens (including phenoxy) is 2. The van der Waals surface area contributed by atoms with Crippen LogP contribution in [0.15, 0.2) is 48.5 Å². The fourth-order valence-corrected chi connectivity index (χ4v) is 2.29. The summed E-state index contributed by atoms with van der Waals surface area (Å²) in [4.78, 5) is 12.2.